The highest BCUT2D eigenvalue weighted by Crippen LogP contribution is 2.22. The first-order chi connectivity index (χ1) is 15.4. The highest BCUT2D eigenvalue weighted by atomic mass is 16.2. The molecule has 1 heterocycles. The van der Waals surface area contributed by atoms with Crippen LogP contribution in [0.5, 0.6) is 0 Å². The van der Waals surface area contributed by atoms with Crippen molar-refractivity contribution in [2.24, 2.45) is 0 Å². The molecule has 3 aromatic rings. The summed E-state index contributed by atoms with van der Waals surface area (Å²) in [4.78, 5) is 38.7. The first-order valence-corrected chi connectivity index (χ1v) is 10.5. The van der Waals surface area contributed by atoms with Gasteiger partial charge in [-0.15, -0.1) is 0 Å². The van der Waals surface area contributed by atoms with Crippen molar-refractivity contribution in [3.63, 3.8) is 0 Å². The molecule has 0 saturated carbocycles. The number of amides is 3. The molecule has 0 atom stereocenters. The number of hydrogen-bond acceptors (Lipinski definition) is 4. The summed E-state index contributed by atoms with van der Waals surface area (Å²) >= 11 is 0. The van der Waals surface area contributed by atoms with Gasteiger partial charge in [0.15, 0.2) is 0 Å². The average molecular weight is 434 g/mol. The highest BCUT2D eigenvalue weighted by Gasteiger charge is 2.23. The van der Waals surface area contributed by atoms with Gasteiger partial charge in [-0.25, -0.2) is 4.68 Å². The zero-order chi connectivity index (χ0) is 23.1. The van der Waals surface area contributed by atoms with E-state index in [4.69, 9.17) is 0 Å². The summed E-state index contributed by atoms with van der Waals surface area (Å²) in [5.41, 5.74) is 2.52. The van der Waals surface area contributed by atoms with Crippen LogP contribution < -0.4 is 10.6 Å². The molecule has 0 aliphatic carbocycles. The standard InChI is InChI=1S/C24H27N5O3/c1-4-28(5-2)24(32)21-16-25-29(20-9-7-6-8-10-20)23(21)27-22(31)15-18-11-13-19(14-12-18)26-17(3)30/h6-14,16H,4-5,15H2,1-3H3,(H,26,30)(H,27,31). The molecule has 3 amide bonds. The molecule has 32 heavy (non-hydrogen) atoms. The number of hydrogen-bond donors (Lipinski definition) is 2. The number of nitrogens with one attached hydrogen (secondary N) is 2. The minimum Gasteiger partial charge on any atom is -0.339 e. The van der Waals surface area contributed by atoms with Crippen molar-refractivity contribution in [2.75, 3.05) is 23.7 Å². The minimum absolute atomic E-state index is 0.110. The highest BCUT2D eigenvalue weighted by molar-refractivity contribution is 6.03. The van der Waals surface area contributed by atoms with Crippen molar-refractivity contribution in [1.82, 2.24) is 14.7 Å². The van der Waals surface area contributed by atoms with Crippen LogP contribution >= 0.6 is 0 Å². The largest absolute Gasteiger partial charge is 0.339 e. The number of aromatic nitrogens is 2. The Morgan fingerprint density at radius 2 is 1.59 bits per heavy atom. The molecule has 0 spiro atoms. The van der Waals surface area contributed by atoms with Gasteiger partial charge in [-0.1, -0.05) is 30.3 Å². The summed E-state index contributed by atoms with van der Waals surface area (Å²) < 4.78 is 1.56. The Balaban J connectivity index is 1.86. The van der Waals surface area contributed by atoms with Crippen LogP contribution in [0.1, 0.15) is 36.7 Å². The second kappa shape index (κ2) is 10.4. The van der Waals surface area contributed by atoms with Crippen LogP contribution in [-0.2, 0) is 16.0 Å². The fourth-order valence-electron chi connectivity index (χ4n) is 3.34. The summed E-state index contributed by atoms with van der Waals surface area (Å²) in [5.74, 6) is -0.279. The average Bonchev–Trinajstić information content (AvgIpc) is 3.19. The van der Waals surface area contributed by atoms with Crippen molar-refractivity contribution in [2.45, 2.75) is 27.2 Å². The minimum atomic E-state index is -0.274. The topological polar surface area (TPSA) is 96.3 Å². The maximum absolute atomic E-state index is 13.0. The van der Waals surface area contributed by atoms with Crippen molar-refractivity contribution < 1.29 is 14.4 Å². The summed E-state index contributed by atoms with van der Waals surface area (Å²) in [7, 11) is 0. The van der Waals surface area contributed by atoms with Gasteiger partial charge < -0.3 is 15.5 Å². The van der Waals surface area contributed by atoms with E-state index in [1.165, 1.54) is 13.1 Å². The molecule has 0 aliphatic heterocycles. The van der Waals surface area contributed by atoms with Crippen LogP contribution in [0.4, 0.5) is 11.5 Å². The predicted octanol–water partition coefficient (Wildman–Crippen LogP) is 3.49. The van der Waals surface area contributed by atoms with Crippen molar-refractivity contribution >= 4 is 29.2 Å². The molecule has 2 N–H and O–H groups in total. The Morgan fingerprint density at radius 3 is 2.19 bits per heavy atom. The lowest BCUT2D eigenvalue weighted by molar-refractivity contribution is -0.116. The fourth-order valence-corrected chi connectivity index (χ4v) is 3.34. The Kier molecular flexibility index (Phi) is 7.38. The number of para-hydroxylation sites is 1. The van der Waals surface area contributed by atoms with E-state index in [2.05, 4.69) is 15.7 Å². The van der Waals surface area contributed by atoms with Gasteiger partial charge in [0, 0.05) is 25.7 Å². The van der Waals surface area contributed by atoms with Crippen LogP contribution in [0.15, 0.2) is 60.8 Å². The van der Waals surface area contributed by atoms with Gasteiger partial charge >= 0.3 is 0 Å². The molecule has 0 aliphatic rings. The van der Waals surface area contributed by atoms with E-state index in [0.29, 0.717) is 30.2 Å². The maximum atomic E-state index is 13.0. The van der Waals surface area contributed by atoms with E-state index < -0.39 is 0 Å². The van der Waals surface area contributed by atoms with Gasteiger partial charge in [-0.05, 0) is 43.7 Å². The van der Waals surface area contributed by atoms with E-state index in [1.807, 2.05) is 44.2 Å². The Hall–Kier alpha value is -3.94. The number of nitrogens with zero attached hydrogens (tertiary/aromatic N) is 3. The molecular formula is C24H27N5O3. The lowest BCUT2D eigenvalue weighted by Crippen LogP contribution is -2.31. The molecule has 0 radical (unpaired) electrons. The predicted molar refractivity (Wildman–Crippen MR) is 124 cm³/mol. The summed E-state index contributed by atoms with van der Waals surface area (Å²) in [6, 6.07) is 16.4. The summed E-state index contributed by atoms with van der Waals surface area (Å²) in [5, 5.41) is 9.95. The number of anilines is 2. The van der Waals surface area contributed by atoms with Crippen LogP contribution in [0.2, 0.25) is 0 Å². The molecule has 3 rings (SSSR count). The number of benzene rings is 2. The first kappa shape index (κ1) is 22.7. The SMILES string of the molecule is CCN(CC)C(=O)c1cnn(-c2ccccc2)c1NC(=O)Cc1ccc(NC(C)=O)cc1. The summed E-state index contributed by atoms with van der Waals surface area (Å²) in [6.07, 6.45) is 1.60. The zero-order valence-electron chi connectivity index (χ0n) is 18.5. The second-order valence-corrected chi connectivity index (χ2v) is 7.23. The lowest BCUT2D eigenvalue weighted by Gasteiger charge is -2.19. The number of carbonyl (C=O) groups is 3. The van der Waals surface area contributed by atoms with E-state index in [0.717, 1.165) is 11.3 Å². The Morgan fingerprint density at radius 1 is 0.938 bits per heavy atom. The molecule has 8 heteroatoms. The fraction of sp³-hybridized carbons (Fsp3) is 0.250. The van der Waals surface area contributed by atoms with Crippen LogP contribution in [0.25, 0.3) is 5.69 Å². The van der Waals surface area contributed by atoms with Crippen molar-refractivity contribution in [3.05, 3.63) is 71.9 Å². The molecule has 166 valence electrons. The lowest BCUT2D eigenvalue weighted by atomic mass is 10.1. The smallest absolute Gasteiger partial charge is 0.259 e. The van der Waals surface area contributed by atoms with E-state index in [1.54, 1.807) is 33.8 Å². The third-order valence-corrected chi connectivity index (χ3v) is 4.95. The first-order valence-electron chi connectivity index (χ1n) is 10.5. The molecular weight excluding hydrogens is 406 g/mol. The Bertz CT molecular complexity index is 1090. The third-order valence-electron chi connectivity index (χ3n) is 4.95. The van der Waals surface area contributed by atoms with E-state index >= 15 is 0 Å². The molecule has 0 saturated heterocycles. The number of carbonyl (C=O) groups excluding carboxylic acids is 3. The maximum Gasteiger partial charge on any atom is 0.259 e. The number of rotatable bonds is 8. The van der Waals surface area contributed by atoms with E-state index in [-0.39, 0.29) is 24.1 Å². The van der Waals surface area contributed by atoms with Gasteiger partial charge in [-0.3, -0.25) is 14.4 Å². The van der Waals surface area contributed by atoms with Crippen LogP contribution in [0.3, 0.4) is 0 Å². The van der Waals surface area contributed by atoms with Crippen LogP contribution in [0, 0.1) is 0 Å². The molecule has 0 unspecified atom stereocenters. The van der Waals surface area contributed by atoms with E-state index in [9.17, 15) is 14.4 Å². The van der Waals surface area contributed by atoms with Gasteiger partial charge in [0.2, 0.25) is 11.8 Å². The Labute approximate surface area is 187 Å². The molecule has 0 fully saturated rings. The van der Waals surface area contributed by atoms with Crippen LogP contribution in [-0.4, -0.2) is 45.5 Å². The van der Waals surface area contributed by atoms with Gasteiger partial charge in [-0.2, -0.15) is 5.10 Å². The van der Waals surface area contributed by atoms with Gasteiger partial charge in [0.05, 0.1) is 18.3 Å². The molecule has 1 aromatic heterocycles. The second-order valence-electron chi connectivity index (χ2n) is 7.23. The third kappa shape index (κ3) is 5.40. The summed E-state index contributed by atoms with van der Waals surface area (Å²) in [6.45, 7) is 6.37. The molecule has 0 bridgehead atoms. The normalized spacial score (nSPS) is 10.5. The van der Waals surface area contributed by atoms with Crippen molar-refractivity contribution in [1.29, 1.82) is 0 Å². The van der Waals surface area contributed by atoms with Gasteiger partial charge in [0.25, 0.3) is 5.91 Å². The van der Waals surface area contributed by atoms with Crippen molar-refractivity contribution in [3.8, 4) is 5.69 Å². The molecule has 8 nitrogen and oxygen atoms in total. The zero-order valence-corrected chi connectivity index (χ0v) is 18.5. The van der Waals surface area contributed by atoms with Gasteiger partial charge in [0.1, 0.15) is 11.4 Å². The quantitative estimate of drug-likeness (QED) is 0.568. The monoisotopic (exact) mass is 433 g/mol. The molecule has 2 aromatic carbocycles.